The number of methoxy groups -OCH3 is 1. The van der Waals surface area contributed by atoms with Gasteiger partial charge < -0.3 is 9.47 Å². The summed E-state index contributed by atoms with van der Waals surface area (Å²) in [5.74, 6) is -2.01. The van der Waals surface area contributed by atoms with Crippen LogP contribution in [0.25, 0.3) is 0 Å². The number of ketones is 2. The van der Waals surface area contributed by atoms with E-state index in [9.17, 15) is 14.4 Å². The van der Waals surface area contributed by atoms with Gasteiger partial charge in [0.25, 0.3) is 0 Å². The molecule has 2 aromatic rings. The van der Waals surface area contributed by atoms with Gasteiger partial charge in [-0.15, -0.1) is 0 Å². The minimum atomic E-state index is -1.03. The molecule has 0 spiro atoms. The van der Waals surface area contributed by atoms with E-state index in [1.54, 1.807) is 24.3 Å². The van der Waals surface area contributed by atoms with Crippen molar-refractivity contribution in [3.63, 3.8) is 0 Å². The standard InChI is InChI=1S/C18H16O5/c1-22-18(21)16(20)11-15(19)14-9-5-6-10-17(14)23-12-13-7-3-2-4-8-13/h2-10H,11-12H2,1H3. The minimum Gasteiger partial charge on any atom is -0.488 e. The average Bonchev–Trinajstić information content (AvgIpc) is 2.60. The van der Waals surface area contributed by atoms with Gasteiger partial charge in [-0.05, 0) is 17.7 Å². The van der Waals surface area contributed by atoms with E-state index in [0.717, 1.165) is 12.7 Å². The Bertz CT molecular complexity index is 706. The van der Waals surface area contributed by atoms with E-state index in [2.05, 4.69) is 4.74 Å². The van der Waals surface area contributed by atoms with E-state index < -0.39 is 24.0 Å². The third-order valence-electron chi connectivity index (χ3n) is 3.16. The zero-order valence-electron chi connectivity index (χ0n) is 12.7. The zero-order valence-corrected chi connectivity index (χ0v) is 12.7. The quantitative estimate of drug-likeness (QED) is 0.340. The van der Waals surface area contributed by atoms with Crippen LogP contribution in [0.4, 0.5) is 0 Å². The van der Waals surface area contributed by atoms with Crippen LogP contribution in [-0.2, 0) is 20.9 Å². The van der Waals surface area contributed by atoms with Gasteiger partial charge >= 0.3 is 5.97 Å². The number of ether oxygens (including phenoxy) is 2. The second-order valence-corrected chi connectivity index (χ2v) is 4.79. The van der Waals surface area contributed by atoms with Gasteiger partial charge in [0, 0.05) is 0 Å². The third-order valence-corrected chi connectivity index (χ3v) is 3.16. The van der Waals surface area contributed by atoms with Crippen molar-refractivity contribution in [2.75, 3.05) is 7.11 Å². The highest BCUT2D eigenvalue weighted by atomic mass is 16.5. The topological polar surface area (TPSA) is 69.7 Å². The lowest BCUT2D eigenvalue weighted by Gasteiger charge is -2.10. The van der Waals surface area contributed by atoms with Crippen molar-refractivity contribution in [2.24, 2.45) is 0 Å². The maximum atomic E-state index is 12.2. The molecule has 118 valence electrons. The number of hydrogen-bond acceptors (Lipinski definition) is 5. The molecular weight excluding hydrogens is 296 g/mol. The summed E-state index contributed by atoms with van der Waals surface area (Å²) in [5, 5.41) is 0. The molecule has 5 heteroatoms. The van der Waals surface area contributed by atoms with E-state index in [-0.39, 0.29) is 5.56 Å². The molecule has 0 bridgehead atoms. The molecule has 0 N–H and O–H groups in total. The summed E-state index contributed by atoms with van der Waals surface area (Å²) in [6.07, 6.45) is -0.543. The van der Waals surface area contributed by atoms with E-state index in [1.807, 2.05) is 30.3 Å². The van der Waals surface area contributed by atoms with E-state index in [0.29, 0.717) is 12.4 Å². The van der Waals surface area contributed by atoms with E-state index >= 15 is 0 Å². The molecule has 0 aromatic heterocycles. The number of para-hydroxylation sites is 1. The van der Waals surface area contributed by atoms with Gasteiger partial charge in [-0.3, -0.25) is 9.59 Å². The molecule has 5 nitrogen and oxygen atoms in total. The fourth-order valence-electron chi connectivity index (χ4n) is 1.99. The number of esters is 1. The lowest BCUT2D eigenvalue weighted by Crippen LogP contribution is -2.19. The minimum absolute atomic E-state index is 0.265. The predicted molar refractivity (Wildman–Crippen MR) is 83.2 cm³/mol. The van der Waals surface area contributed by atoms with Gasteiger partial charge in [-0.1, -0.05) is 42.5 Å². The first-order valence-electron chi connectivity index (χ1n) is 7.02. The van der Waals surface area contributed by atoms with Crippen LogP contribution in [0.2, 0.25) is 0 Å². The smallest absolute Gasteiger partial charge is 0.374 e. The summed E-state index contributed by atoms with van der Waals surface area (Å²) in [6.45, 7) is 0.302. The van der Waals surface area contributed by atoms with Crippen molar-refractivity contribution >= 4 is 17.5 Å². The lowest BCUT2D eigenvalue weighted by atomic mass is 10.0. The van der Waals surface area contributed by atoms with E-state index in [4.69, 9.17) is 4.74 Å². The molecule has 0 fully saturated rings. The summed E-state index contributed by atoms with van der Waals surface area (Å²) in [4.78, 5) is 34.8. The summed E-state index contributed by atoms with van der Waals surface area (Å²) < 4.78 is 9.98. The van der Waals surface area contributed by atoms with Crippen LogP contribution in [0.5, 0.6) is 5.75 Å². The van der Waals surface area contributed by atoms with Crippen LogP contribution in [-0.4, -0.2) is 24.6 Å². The highest BCUT2D eigenvalue weighted by molar-refractivity contribution is 6.38. The molecule has 0 aliphatic rings. The molecular formula is C18H16O5. The fraction of sp³-hybridized carbons (Fsp3) is 0.167. The highest BCUT2D eigenvalue weighted by Crippen LogP contribution is 2.21. The largest absolute Gasteiger partial charge is 0.488 e. The third kappa shape index (κ3) is 4.51. The zero-order chi connectivity index (χ0) is 16.7. The van der Waals surface area contributed by atoms with Gasteiger partial charge in [0.15, 0.2) is 5.78 Å². The summed E-state index contributed by atoms with van der Waals surface area (Å²) in [7, 11) is 1.10. The monoisotopic (exact) mass is 312 g/mol. The van der Waals surface area contributed by atoms with Crippen LogP contribution in [0.3, 0.4) is 0 Å². The Morgan fingerprint density at radius 1 is 0.913 bits per heavy atom. The van der Waals surface area contributed by atoms with Gasteiger partial charge in [-0.2, -0.15) is 0 Å². The Labute approximate surface area is 133 Å². The highest BCUT2D eigenvalue weighted by Gasteiger charge is 2.21. The fourth-order valence-corrected chi connectivity index (χ4v) is 1.99. The first kappa shape index (κ1) is 16.4. The molecule has 0 radical (unpaired) electrons. The average molecular weight is 312 g/mol. The maximum Gasteiger partial charge on any atom is 0.374 e. The lowest BCUT2D eigenvalue weighted by molar-refractivity contribution is -0.151. The Morgan fingerprint density at radius 2 is 1.57 bits per heavy atom. The SMILES string of the molecule is COC(=O)C(=O)CC(=O)c1ccccc1OCc1ccccc1. The normalized spacial score (nSPS) is 9.96. The number of hydrogen-bond donors (Lipinski definition) is 0. The van der Waals surface area contributed by atoms with Crippen molar-refractivity contribution in [1.82, 2.24) is 0 Å². The molecule has 0 saturated heterocycles. The predicted octanol–water partition coefficient (Wildman–Crippen LogP) is 2.58. The summed E-state index contributed by atoms with van der Waals surface area (Å²) >= 11 is 0. The van der Waals surface area contributed by atoms with Gasteiger partial charge in [0.2, 0.25) is 5.78 Å². The number of carbonyl (C=O) groups excluding carboxylic acids is 3. The molecule has 0 amide bonds. The molecule has 2 aromatic carbocycles. The number of Topliss-reactive ketones (excluding diaryl/α,β-unsaturated/α-hetero) is 2. The van der Waals surface area contributed by atoms with Crippen LogP contribution < -0.4 is 4.74 Å². The van der Waals surface area contributed by atoms with Crippen molar-refractivity contribution in [1.29, 1.82) is 0 Å². The van der Waals surface area contributed by atoms with Crippen molar-refractivity contribution in [2.45, 2.75) is 13.0 Å². The molecule has 2 rings (SSSR count). The van der Waals surface area contributed by atoms with E-state index in [1.165, 1.54) is 0 Å². The second kappa shape index (κ2) is 7.89. The molecule has 0 saturated carbocycles. The second-order valence-electron chi connectivity index (χ2n) is 4.79. The first-order valence-corrected chi connectivity index (χ1v) is 7.02. The van der Waals surface area contributed by atoms with Crippen LogP contribution >= 0.6 is 0 Å². The Kier molecular flexibility index (Phi) is 5.63. The molecule has 0 unspecified atom stereocenters. The molecule has 0 aliphatic carbocycles. The Morgan fingerprint density at radius 3 is 2.26 bits per heavy atom. The molecule has 0 heterocycles. The number of benzene rings is 2. The Balaban J connectivity index is 2.09. The number of rotatable bonds is 7. The number of carbonyl (C=O) groups is 3. The molecule has 0 atom stereocenters. The van der Waals surface area contributed by atoms with Gasteiger partial charge in [-0.25, -0.2) is 4.79 Å². The summed E-state index contributed by atoms with van der Waals surface area (Å²) in [6, 6.07) is 16.1. The van der Waals surface area contributed by atoms with Gasteiger partial charge in [0.1, 0.15) is 12.4 Å². The Hall–Kier alpha value is -2.95. The van der Waals surface area contributed by atoms with Crippen molar-refractivity contribution < 1.29 is 23.9 Å². The van der Waals surface area contributed by atoms with Crippen molar-refractivity contribution in [3.05, 3.63) is 65.7 Å². The molecule has 0 aliphatic heterocycles. The van der Waals surface area contributed by atoms with Crippen molar-refractivity contribution in [3.8, 4) is 5.75 Å². The molecule has 23 heavy (non-hydrogen) atoms. The van der Waals surface area contributed by atoms with Gasteiger partial charge in [0.05, 0.1) is 19.1 Å². The maximum absolute atomic E-state index is 12.2. The van der Waals surface area contributed by atoms with Crippen LogP contribution in [0.1, 0.15) is 22.3 Å². The van der Waals surface area contributed by atoms with Crippen LogP contribution in [0, 0.1) is 0 Å². The first-order chi connectivity index (χ1) is 11.1. The van der Waals surface area contributed by atoms with Crippen LogP contribution in [0.15, 0.2) is 54.6 Å². The summed E-state index contributed by atoms with van der Waals surface area (Å²) in [5.41, 5.74) is 1.22.